The number of hydrogen-bond acceptors (Lipinski definition) is 6. The lowest BCUT2D eigenvalue weighted by atomic mass is 9.95. The van der Waals surface area contributed by atoms with Crippen molar-refractivity contribution in [3.63, 3.8) is 0 Å². The lowest BCUT2D eigenvalue weighted by Crippen LogP contribution is -2.48. The predicted octanol–water partition coefficient (Wildman–Crippen LogP) is 2.13. The molecule has 1 aromatic heterocycles. The van der Waals surface area contributed by atoms with Crippen molar-refractivity contribution < 1.29 is 9.47 Å². The molecule has 0 spiro atoms. The summed E-state index contributed by atoms with van der Waals surface area (Å²) in [5.41, 5.74) is 0. The zero-order valence-electron chi connectivity index (χ0n) is 9.50. The summed E-state index contributed by atoms with van der Waals surface area (Å²) in [4.78, 5) is 2.18. The largest absolute Gasteiger partial charge is 0.353 e. The van der Waals surface area contributed by atoms with Gasteiger partial charge in [0.1, 0.15) is 0 Å². The molecule has 7 heteroatoms. The predicted molar refractivity (Wildman–Crippen MR) is 65.3 cm³/mol. The van der Waals surface area contributed by atoms with Crippen LogP contribution in [0.1, 0.15) is 19.8 Å². The summed E-state index contributed by atoms with van der Waals surface area (Å²) in [6.07, 6.45) is 2.06. The van der Waals surface area contributed by atoms with Crippen LogP contribution in [-0.4, -0.2) is 34.4 Å². The molecule has 3 rings (SSSR count). The van der Waals surface area contributed by atoms with Crippen LogP contribution in [0.2, 0.25) is 5.15 Å². The Morgan fingerprint density at radius 3 is 2.53 bits per heavy atom. The van der Waals surface area contributed by atoms with E-state index in [0.717, 1.165) is 43.5 Å². The van der Waals surface area contributed by atoms with E-state index < -0.39 is 0 Å². The molecular weight excluding hydrogens is 262 g/mol. The first-order chi connectivity index (χ1) is 8.24. The zero-order chi connectivity index (χ0) is 11.8. The highest BCUT2D eigenvalue weighted by Gasteiger charge is 2.36. The second-order valence-corrected chi connectivity index (χ2v) is 5.30. The van der Waals surface area contributed by atoms with E-state index in [2.05, 4.69) is 13.6 Å². The monoisotopic (exact) mass is 275 g/mol. The van der Waals surface area contributed by atoms with E-state index in [9.17, 15) is 0 Å². The molecule has 3 heterocycles. The molecule has 1 aromatic rings. The van der Waals surface area contributed by atoms with Crippen molar-refractivity contribution in [1.82, 2.24) is 8.75 Å². The molecule has 0 atom stereocenters. The molecule has 0 bridgehead atoms. The Bertz CT molecular complexity index is 389. The molecule has 94 valence electrons. The molecule has 2 aliphatic heterocycles. The molecule has 0 amide bonds. The number of ether oxygens (including phenoxy) is 2. The molecule has 2 saturated heterocycles. The first-order valence-corrected chi connectivity index (χ1v) is 6.89. The molecule has 5 nitrogen and oxygen atoms in total. The summed E-state index contributed by atoms with van der Waals surface area (Å²) in [6, 6.07) is 0. The van der Waals surface area contributed by atoms with Gasteiger partial charge in [-0.05, 0) is 19.8 Å². The highest BCUT2D eigenvalue weighted by Crippen LogP contribution is 2.33. The van der Waals surface area contributed by atoms with Crippen LogP contribution in [0.15, 0.2) is 0 Å². The fourth-order valence-electron chi connectivity index (χ4n) is 2.36. The van der Waals surface area contributed by atoms with Gasteiger partial charge >= 0.3 is 0 Å². The van der Waals surface area contributed by atoms with Crippen molar-refractivity contribution in [2.24, 2.45) is 5.92 Å². The maximum atomic E-state index is 5.98. The Labute approximate surface area is 109 Å². The fourth-order valence-corrected chi connectivity index (χ4v) is 3.13. The maximum absolute atomic E-state index is 5.98. The molecule has 0 aromatic carbocycles. The summed E-state index contributed by atoms with van der Waals surface area (Å²) < 4.78 is 19.3. The molecule has 0 saturated carbocycles. The van der Waals surface area contributed by atoms with E-state index >= 15 is 0 Å². The van der Waals surface area contributed by atoms with Crippen LogP contribution in [0.3, 0.4) is 0 Å². The summed E-state index contributed by atoms with van der Waals surface area (Å²) in [5.74, 6) is 1.31. The van der Waals surface area contributed by atoms with E-state index in [1.165, 1.54) is 0 Å². The third-order valence-corrected chi connectivity index (χ3v) is 4.18. The molecule has 2 aliphatic rings. The Morgan fingerprint density at radius 1 is 1.29 bits per heavy atom. The van der Waals surface area contributed by atoms with E-state index in [1.54, 1.807) is 0 Å². The summed E-state index contributed by atoms with van der Waals surface area (Å²) in [5, 5.41) is 0.512. The van der Waals surface area contributed by atoms with Crippen LogP contribution in [0, 0.1) is 5.92 Å². The Morgan fingerprint density at radius 2 is 2.00 bits per heavy atom. The third kappa shape index (κ3) is 2.27. The van der Waals surface area contributed by atoms with Gasteiger partial charge < -0.3 is 14.4 Å². The first kappa shape index (κ1) is 11.6. The SMILES string of the molecule is CC1OC(C2CCN(c3nsnc3Cl)CC2)O1. The number of rotatable bonds is 2. The third-order valence-electron chi connectivity index (χ3n) is 3.31. The number of piperidine rings is 1. The second kappa shape index (κ2) is 4.68. The van der Waals surface area contributed by atoms with Gasteiger partial charge in [0, 0.05) is 19.0 Å². The molecule has 0 radical (unpaired) electrons. The van der Waals surface area contributed by atoms with Gasteiger partial charge in [0.2, 0.25) is 0 Å². The zero-order valence-corrected chi connectivity index (χ0v) is 11.1. The van der Waals surface area contributed by atoms with Crippen LogP contribution < -0.4 is 4.90 Å². The van der Waals surface area contributed by atoms with Gasteiger partial charge in [-0.3, -0.25) is 0 Å². The highest BCUT2D eigenvalue weighted by atomic mass is 35.5. The Balaban J connectivity index is 1.56. The minimum Gasteiger partial charge on any atom is -0.353 e. The van der Waals surface area contributed by atoms with Crippen molar-refractivity contribution >= 4 is 29.1 Å². The van der Waals surface area contributed by atoms with Gasteiger partial charge in [-0.15, -0.1) is 0 Å². The van der Waals surface area contributed by atoms with Gasteiger partial charge in [-0.25, -0.2) is 0 Å². The van der Waals surface area contributed by atoms with Crippen molar-refractivity contribution in [3.8, 4) is 0 Å². The molecule has 2 fully saturated rings. The molecule has 0 unspecified atom stereocenters. The van der Waals surface area contributed by atoms with Crippen molar-refractivity contribution in [2.45, 2.75) is 32.3 Å². The van der Waals surface area contributed by atoms with Gasteiger partial charge in [0.15, 0.2) is 23.6 Å². The number of anilines is 1. The van der Waals surface area contributed by atoms with Gasteiger partial charge in [-0.1, -0.05) is 11.6 Å². The molecule has 17 heavy (non-hydrogen) atoms. The van der Waals surface area contributed by atoms with Crippen molar-refractivity contribution in [1.29, 1.82) is 0 Å². The number of hydrogen-bond donors (Lipinski definition) is 0. The molecule has 0 N–H and O–H groups in total. The van der Waals surface area contributed by atoms with Gasteiger partial charge in [0.05, 0.1) is 11.7 Å². The van der Waals surface area contributed by atoms with Crippen LogP contribution in [0.4, 0.5) is 5.82 Å². The highest BCUT2D eigenvalue weighted by molar-refractivity contribution is 6.99. The molecule has 0 aliphatic carbocycles. The normalized spacial score (nSPS) is 30.4. The average Bonchev–Trinajstić information content (AvgIpc) is 2.72. The van der Waals surface area contributed by atoms with Crippen LogP contribution >= 0.6 is 23.3 Å². The quantitative estimate of drug-likeness (QED) is 0.827. The smallest absolute Gasteiger partial charge is 0.187 e. The number of nitrogens with zero attached hydrogens (tertiary/aromatic N) is 3. The van der Waals surface area contributed by atoms with E-state index in [4.69, 9.17) is 21.1 Å². The van der Waals surface area contributed by atoms with E-state index in [0.29, 0.717) is 11.1 Å². The molecular formula is C10H14ClN3O2S. The lowest BCUT2D eigenvalue weighted by Gasteiger charge is -2.42. The van der Waals surface area contributed by atoms with Gasteiger partial charge in [0.25, 0.3) is 0 Å². The van der Waals surface area contributed by atoms with Crippen molar-refractivity contribution in [2.75, 3.05) is 18.0 Å². The lowest BCUT2D eigenvalue weighted by molar-refractivity contribution is -0.393. The van der Waals surface area contributed by atoms with E-state index in [-0.39, 0.29) is 12.6 Å². The van der Waals surface area contributed by atoms with Crippen LogP contribution in [-0.2, 0) is 9.47 Å². The topological polar surface area (TPSA) is 47.5 Å². The minimum atomic E-state index is -0.0322. The summed E-state index contributed by atoms with van der Waals surface area (Å²) in [7, 11) is 0. The average molecular weight is 276 g/mol. The number of halogens is 1. The van der Waals surface area contributed by atoms with Crippen LogP contribution in [0.25, 0.3) is 0 Å². The van der Waals surface area contributed by atoms with Crippen molar-refractivity contribution in [3.05, 3.63) is 5.15 Å². The fraction of sp³-hybridized carbons (Fsp3) is 0.800. The van der Waals surface area contributed by atoms with E-state index in [1.807, 2.05) is 6.92 Å². The second-order valence-electron chi connectivity index (χ2n) is 4.41. The summed E-state index contributed by atoms with van der Waals surface area (Å²) >= 11 is 7.14. The standard InChI is InChI=1S/C10H14ClN3O2S/c1-6-15-10(16-6)7-2-4-14(5-3-7)9-8(11)12-17-13-9/h6-7,10H,2-5H2,1H3. The minimum absolute atomic E-state index is 0.00354. The maximum Gasteiger partial charge on any atom is 0.187 e. The van der Waals surface area contributed by atoms with Gasteiger partial charge in [-0.2, -0.15) is 8.75 Å². The first-order valence-electron chi connectivity index (χ1n) is 5.78. The van der Waals surface area contributed by atoms with Crippen LogP contribution in [0.5, 0.6) is 0 Å². The Hall–Kier alpha value is -0.430. The summed E-state index contributed by atoms with van der Waals surface area (Å²) in [6.45, 7) is 3.80. The Kier molecular flexibility index (Phi) is 3.21. The number of aromatic nitrogens is 2.